The quantitative estimate of drug-likeness (QED) is 0.902. The minimum atomic E-state index is 0.137. The van der Waals surface area contributed by atoms with E-state index in [1.165, 1.54) is 38.5 Å². The second kappa shape index (κ2) is 6.77. The normalized spacial score (nSPS) is 27.4. The van der Waals surface area contributed by atoms with Crippen molar-refractivity contribution in [3.63, 3.8) is 0 Å². The number of nitrogens with zero attached hydrogens (tertiary/aromatic N) is 3. The third kappa shape index (κ3) is 3.23. The molecule has 3 rings (SSSR count). The van der Waals surface area contributed by atoms with Crippen molar-refractivity contribution in [3.05, 3.63) is 5.89 Å². The molecule has 0 amide bonds. The molecule has 1 N–H and O–H groups in total. The summed E-state index contributed by atoms with van der Waals surface area (Å²) >= 11 is 0. The number of rotatable bonds is 5. The SMILES string of the molecule is CCCNC(C)c1nnc(N2CCCC3CCCCC32)o1. The van der Waals surface area contributed by atoms with E-state index in [0.29, 0.717) is 6.04 Å². The summed E-state index contributed by atoms with van der Waals surface area (Å²) in [5, 5.41) is 12.0. The molecule has 1 aliphatic carbocycles. The van der Waals surface area contributed by atoms with Gasteiger partial charge >= 0.3 is 6.01 Å². The maximum Gasteiger partial charge on any atom is 0.318 e. The van der Waals surface area contributed by atoms with Crippen LogP contribution in [0.25, 0.3) is 0 Å². The summed E-state index contributed by atoms with van der Waals surface area (Å²) in [5.74, 6) is 1.55. The monoisotopic (exact) mass is 292 g/mol. The first-order valence-corrected chi connectivity index (χ1v) is 8.63. The maximum absolute atomic E-state index is 5.97. The third-order valence-corrected chi connectivity index (χ3v) is 4.99. The van der Waals surface area contributed by atoms with Crippen LogP contribution in [0.3, 0.4) is 0 Å². The molecule has 5 nitrogen and oxygen atoms in total. The minimum Gasteiger partial charge on any atom is -0.406 e. The number of hydrogen-bond acceptors (Lipinski definition) is 5. The first-order valence-electron chi connectivity index (χ1n) is 8.63. The van der Waals surface area contributed by atoms with Crippen molar-refractivity contribution < 1.29 is 4.42 Å². The van der Waals surface area contributed by atoms with E-state index >= 15 is 0 Å². The lowest BCUT2D eigenvalue weighted by atomic mass is 9.78. The van der Waals surface area contributed by atoms with Gasteiger partial charge in [-0.25, -0.2) is 0 Å². The highest BCUT2D eigenvalue weighted by atomic mass is 16.4. The summed E-state index contributed by atoms with van der Waals surface area (Å²) in [7, 11) is 0. The van der Waals surface area contributed by atoms with Gasteiger partial charge in [-0.3, -0.25) is 0 Å². The molecule has 21 heavy (non-hydrogen) atoms. The van der Waals surface area contributed by atoms with Gasteiger partial charge < -0.3 is 14.6 Å². The highest BCUT2D eigenvalue weighted by molar-refractivity contribution is 5.29. The van der Waals surface area contributed by atoms with Gasteiger partial charge in [0.05, 0.1) is 6.04 Å². The smallest absolute Gasteiger partial charge is 0.318 e. The molecule has 3 atom stereocenters. The molecule has 1 saturated heterocycles. The summed E-state index contributed by atoms with van der Waals surface area (Å²) in [6, 6.07) is 1.50. The predicted molar refractivity (Wildman–Crippen MR) is 83.3 cm³/mol. The van der Waals surface area contributed by atoms with Crippen LogP contribution < -0.4 is 10.2 Å². The Morgan fingerprint density at radius 3 is 2.90 bits per heavy atom. The Bertz CT molecular complexity index is 445. The van der Waals surface area contributed by atoms with Gasteiger partial charge in [0.1, 0.15) is 0 Å². The van der Waals surface area contributed by atoms with E-state index in [1.807, 2.05) is 0 Å². The van der Waals surface area contributed by atoms with Crippen LogP contribution in [0.5, 0.6) is 0 Å². The zero-order valence-electron chi connectivity index (χ0n) is 13.3. The van der Waals surface area contributed by atoms with E-state index < -0.39 is 0 Å². The van der Waals surface area contributed by atoms with Gasteiger partial charge in [0.25, 0.3) is 0 Å². The minimum absolute atomic E-state index is 0.137. The maximum atomic E-state index is 5.97. The van der Waals surface area contributed by atoms with Crippen molar-refractivity contribution in [1.82, 2.24) is 15.5 Å². The first kappa shape index (κ1) is 14.8. The van der Waals surface area contributed by atoms with E-state index in [9.17, 15) is 0 Å². The van der Waals surface area contributed by atoms with Gasteiger partial charge in [0.15, 0.2) is 0 Å². The molecule has 1 saturated carbocycles. The summed E-state index contributed by atoms with van der Waals surface area (Å²) in [5.41, 5.74) is 0. The molecule has 2 fully saturated rings. The summed E-state index contributed by atoms with van der Waals surface area (Å²) in [6.45, 7) is 6.30. The number of hydrogen-bond donors (Lipinski definition) is 1. The fourth-order valence-electron chi connectivity index (χ4n) is 3.83. The Morgan fingerprint density at radius 2 is 2.05 bits per heavy atom. The van der Waals surface area contributed by atoms with Crippen molar-refractivity contribution in [2.45, 2.75) is 70.9 Å². The molecule has 0 aromatic carbocycles. The Labute approximate surface area is 127 Å². The van der Waals surface area contributed by atoms with Gasteiger partial charge in [0.2, 0.25) is 5.89 Å². The summed E-state index contributed by atoms with van der Waals surface area (Å²) in [6.07, 6.45) is 9.12. The first-order chi connectivity index (χ1) is 10.3. The molecule has 0 radical (unpaired) electrons. The van der Waals surface area contributed by atoms with E-state index in [2.05, 4.69) is 34.3 Å². The average molecular weight is 292 g/mol. The molecule has 118 valence electrons. The van der Waals surface area contributed by atoms with Crippen LogP contribution in [-0.2, 0) is 0 Å². The number of anilines is 1. The predicted octanol–water partition coefficient (Wildman–Crippen LogP) is 3.29. The van der Waals surface area contributed by atoms with Crippen molar-refractivity contribution >= 4 is 6.01 Å². The highest BCUT2D eigenvalue weighted by Gasteiger charge is 2.35. The van der Waals surface area contributed by atoms with E-state index in [4.69, 9.17) is 4.42 Å². The molecule has 3 unspecified atom stereocenters. The fourth-order valence-corrected chi connectivity index (χ4v) is 3.83. The molecule has 2 aliphatic rings. The lowest BCUT2D eigenvalue weighted by molar-refractivity contribution is 0.233. The topological polar surface area (TPSA) is 54.2 Å². The van der Waals surface area contributed by atoms with Crippen molar-refractivity contribution in [1.29, 1.82) is 0 Å². The van der Waals surface area contributed by atoms with Crippen LogP contribution in [0.4, 0.5) is 6.01 Å². The lowest BCUT2D eigenvalue weighted by Crippen LogP contribution is -2.47. The number of nitrogens with one attached hydrogen (secondary N) is 1. The summed E-state index contributed by atoms with van der Waals surface area (Å²) < 4.78 is 5.97. The van der Waals surface area contributed by atoms with Crippen LogP contribution in [0.15, 0.2) is 4.42 Å². The zero-order valence-corrected chi connectivity index (χ0v) is 13.3. The Morgan fingerprint density at radius 1 is 1.24 bits per heavy atom. The van der Waals surface area contributed by atoms with Crippen LogP contribution in [0.1, 0.15) is 70.7 Å². The molecule has 1 aliphatic heterocycles. The third-order valence-electron chi connectivity index (χ3n) is 4.99. The molecular formula is C16H28N4O. The van der Waals surface area contributed by atoms with Crippen molar-refractivity contribution in [2.75, 3.05) is 18.0 Å². The number of aromatic nitrogens is 2. The van der Waals surface area contributed by atoms with Crippen LogP contribution in [0, 0.1) is 5.92 Å². The highest BCUT2D eigenvalue weighted by Crippen LogP contribution is 2.37. The summed E-state index contributed by atoms with van der Waals surface area (Å²) in [4.78, 5) is 2.39. The van der Waals surface area contributed by atoms with Crippen LogP contribution in [0.2, 0.25) is 0 Å². The zero-order chi connectivity index (χ0) is 14.7. The van der Waals surface area contributed by atoms with Gasteiger partial charge in [0, 0.05) is 12.6 Å². The standard InChI is InChI=1S/C16H28N4O/c1-3-10-17-12(2)15-18-19-16(21-15)20-11-6-8-13-7-4-5-9-14(13)20/h12-14,17H,3-11H2,1-2H3. The Hall–Kier alpha value is -1.10. The number of fused-ring (bicyclic) bond motifs is 1. The molecule has 0 spiro atoms. The molecule has 1 aromatic heterocycles. The van der Waals surface area contributed by atoms with Gasteiger partial charge in [-0.15, -0.1) is 5.10 Å². The molecular weight excluding hydrogens is 264 g/mol. The van der Waals surface area contributed by atoms with E-state index in [-0.39, 0.29) is 6.04 Å². The fraction of sp³-hybridized carbons (Fsp3) is 0.875. The number of piperidine rings is 1. The molecule has 2 heterocycles. The van der Waals surface area contributed by atoms with E-state index in [0.717, 1.165) is 37.3 Å². The van der Waals surface area contributed by atoms with E-state index in [1.54, 1.807) is 0 Å². The second-order valence-corrected chi connectivity index (χ2v) is 6.55. The molecule has 1 aromatic rings. The molecule has 5 heteroatoms. The molecule has 0 bridgehead atoms. The van der Waals surface area contributed by atoms with Crippen molar-refractivity contribution in [2.24, 2.45) is 5.92 Å². The average Bonchev–Trinajstić information content (AvgIpc) is 3.02. The van der Waals surface area contributed by atoms with Gasteiger partial charge in [-0.05, 0) is 51.5 Å². The largest absolute Gasteiger partial charge is 0.406 e. The van der Waals surface area contributed by atoms with Gasteiger partial charge in [-0.2, -0.15) is 0 Å². The van der Waals surface area contributed by atoms with Gasteiger partial charge in [-0.1, -0.05) is 24.9 Å². The lowest BCUT2D eigenvalue weighted by Gasteiger charge is -2.43. The Kier molecular flexibility index (Phi) is 4.78. The van der Waals surface area contributed by atoms with Crippen LogP contribution in [-0.4, -0.2) is 29.3 Å². The van der Waals surface area contributed by atoms with Crippen molar-refractivity contribution in [3.8, 4) is 0 Å². The Balaban J connectivity index is 1.69. The second-order valence-electron chi connectivity index (χ2n) is 6.55. The van der Waals surface area contributed by atoms with Crippen LogP contribution >= 0.6 is 0 Å².